The highest BCUT2D eigenvalue weighted by atomic mass is 32.2. The molecule has 0 saturated carbocycles. The van der Waals surface area contributed by atoms with Gasteiger partial charge in [0, 0.05) is 11.4 Å². The van der Waals surface area contributed by atoms with Crippen molar-refractivity contribution < 1.29 is 9.53 Å². The zero-order valence-electron chi connectivity index (χ0n) is 20.8. The monoisotopic (exact) mass is 486 g/mol. The van der Waals surface area contributed by atoms with E-state index in [2.05, 4.69) is 22.4 Å². The lowest BCUT2D eigenvalue weighted by Crippen LogP contribution is -2.16. The number of rotatable bonds is 8. The molecule has 4 aromatic rings. The Bertz CT molecular complexity index is 1310. The molecule has 0 aliphatic heterocycles. The standard InChI is InChI=1S/C28H30N4O2S/c1-18-12-14-23(15-13-18)32-24(16-34-27-21(4)10-7-11-22(27)5)30-31-28(32)35-17-25(33)29-26-19(2)8-6-9-20(26)3/h6-15H,16-17H2,1-5H3,(H,29,33). The second-order valence-corrected chi connectivity index (χ2v) is 9.63. The van der Waals surface area contributed by atoms with Crippen molar-refractivity contribution >= 4 is 23.4 Å². The molecule has 6 nitrogen and oxygen atoms in total. The zero-order valence-corrected chi connectivity index (χ0v) is 21.6. The lowest BCUT2D eigenvalue weighted by molar-refractivity contribution is -0.113. The molecule has 1 N–H and O–H groups in total. The van der Waals surface area contributed by atoms with Crippen LogP contribution < -0.4 is 10.1 Å². The van der Waals surface area contributed by atoms with Gasteiger partial charge in [-0.1, -0.05) is 65.9 Å². The molecule has 0 saturated heterocycles. The summed E-state index contributed by atoms with van der Waals surface area (Å²) in [4.78, 5) is 12.8. The SMILES string of the molecule is Cc1ccc(-n2c(COc3c(C)cccc3C)nnc2SCC(=O)Nc2c(C)cccc2C)cc1. The maximum absolute atomic E-state index is 12.8. The Balaban J connectivity index is 1.55. The lowest BCUT2D eigenvalue weighted by Gasteiger charge is -2.14. The Morgan fingerprint density at radius 3 is 2.09 bits per heavy atom. The van der Waals surface area contributed by atoms with Gasteiger partial charge in [-0.2, -0.15) is 0 Å². The first-order valence-electron chi connectivity index (χ1n) is 11.5. The summed E-state index contributed by atoms with van der Waals surface area (Å²) in [5.74, 6) is 1.66. The maximum Gasteiger partial charge on any atom is 0.234 e. The molecule has 1 amide bonds. The van der Waals surface area contributed by atoms with Crippen LogP contribution in [-0.4, -0.2) is 26.4 Å². The summed E-state index contributed by atoms with van der Waals surface area (Å²) < 4.78 is 8.13. The van der Waals surface area contributed by atoms with E-state index in [9.17, 15) is 4.79 Å². The molecule has 0 bridgehead atoms. The van der Waals surface area contributed by atoms with Crippen LogP contribution in [0.25, 0.3) is 5.69 Å². The van der Waals surface area contributed by atoms with E-state index in [0.717, 1.165) is 44.9 Å². The predicted octanol–water partition coefficient (Wildman–Crippen LogP) is 6.12. The third kappa shape index (κ3) is 5.74. The first-order chi connectivity index (χ1) is 16.8. The Morgan fingerprint density at radius 2 is 1.46 bits per heavy atom. The number of amides is 1. The van der Waals surface area contributed by atoms with Gasteiger partial charge >= 0.3 is 0 Å². The number of thioether (sulfide) groups is 1. The smallest absolute Gasteiger partial charge is 0.234 e. The van der Waals surface area contributed by atoms with Crippen molar-refractivity contribution in [2.24, 2.45) is 0 Å². The largest absolute Gasteiger partial charge is 0.485 e. The summed E-state index contributed by atoms with van der Waals surface area (Å²) in [6.07, 6.45) is 0. The van der Waals surface area contributed by atoms with Crippen molar-refractivity contribution in [2.75, 3.05) is 11.1 Å². The van der Waals surface area contributed by atoms with Crippen LogP contribution >= 0.6 is 11.8 Å². The Labute approximate surface area is 210 Å². The molecule has 0 spiro atoms. The highest BCUT2D eigenvalue weighted by Crippen LogP contribution is 2.27. The fraction of sp³-hybridized carbons (Fsp3) is 0.250. The zero-order chi connectivity index (χ0) is 24.9. The van der Waals surface area contributed by atoms with Crippen LogP contribution in [0.15, 0.2) is 65.8 Å². The van der Waals surface area contributed by atoms with Gasteiger partial charge in [0.25, 0.3) is 0 Å². The molecule has 7 heteroatoms. The number of benzene rings is 3. The van der Waals surface area contributed by atoms with E-state index >= 15 is 0 Å². The molecule has 1 heterocycles. The molecule has 0 aliphatic carbocycles. The molecular formula is C28H30N4O2S. The summed E-state index contributed by atoms with van der Waals surface area (Å²) in [5, 5.41) is 12.5. The van der Waals surface area contributed by atoms with Gasteiger partial charge in [0.15, 0.2) is 11.0 Å². The van der Waals surface area contributed by atoms with E-state index in [1.807, 2.05) is 92.9 Å². The van der Waals surface area contributed by atoms with Crippen molar-refractivity contribution in [3.8, 4) is 11.4 Å². The molecule has 0 aliphatic rings. The van der Waals surface area contributed by atoms with Crippen molar-refractivity contribution in [3.63, 3.8) is 0 Å². The number of ether oxygens (including phenoxy) is 1. The number of aryl methyl sites for hydroxylation is 5. The minimum Gasteiger partial charge on any atom is -0.485 e. The predicted molar refractivity (Wildman–Crippen MR) is 142 cm³/mol. The van der Waals surface area contributed by atoms with Crippen LogP contribution in [0, 0.1) is 34.6 Å². The van der Waals surface area contributed by atoms with E-state index in [1.165, 1.54) is 11.8 Å². The van der Waals surface area contributed by atoms with Gasteiger partial charge in [0.05, 0.1) is 5.75 Å². The van der Waals surface area contributed by atoms with Crippen molar-refractivity contribution in [1.29, 1.82) is 0 Å². The second-order valence-electron chi connectivity index (χ2n) is 8.68. The Hall–Kier alpha value is -3.58. The molecule has 0 atom stereocenters. The minimum absolute atomic E-state index is 0.0841. The van der Waals surface area contributed by atoms with Gasteiger partial charge in [-0.15, -0.1) is 10.2 Å². The van der Waals surface area contributed by atoms with Gasteiger partial charge < -0.3 is 10.1 Å². The van der Waals surface area contributed by atoms with Gasteiger partial charge in [0.2, 0.25) is 5.91 Å². The first-order valence-corrected chi connectivity index (χ1v) is 12.5. The molecule has 1 aromatic heterocycles. The number of nitrogens with zero attached hydrogens (tertiary/aromatic N) is 3. The summed E-state index contributed by atoms with van der Waals surface area (Å²) in [6.45, 7) is 10.4. The molecule has 0 radical (unpaired) electrons. The van der Waals surface area contributed by atoms with E-state index in [1.54, 1.807) is 0 Å². The van der Waals surface area contributed by atoms with E-state index in [4.69, 9.17) is 4.74 Å². The topological polar surface area (TPSA) is 69.0 Å². The summed E-state index contributed by atoms with van der Waals surface area (Å²) >= 11 is 1.36. The number of aromatic nitrogens is 3. The average molecular weight is 487 g/mol. The van der Waals surface area contributed by atoms with Crippen molar-refractivity contribution in [3.05, 3.63) is 94.3 Å². The maximum atomic E-state index is 12.8. The lowest BCUT2D eigenvalue weighted by atomic mass is 10.1. The minimum atomic E-state index is -0.0841. The van der Waals surface area contributed by atoms with E-state index < -0.39 is 0 Å². The Morgan fingerprint density at radius 1 is 0.857 bits per heavy atom. The molecule has 180 valence electrons. The van der Waals surface area contributed by atoms with Crippen LogP contribution in [0.3, 0.4) is 0 Å². The fourth-order valence-corrected chi connectivity index (χ4v) is 4.69. The molecule has 4 rings (SSSR count). The van der Waals surface area contributed by atoms with Gasteiger partial charge in [0.1, 0.15) is 12.4 Å². The average Bonchev–Trinajstić information content (AvgIpc) is 3.23. The van der Waals surface area contributed by atoms with Crippen molar-refractivity contribution in [1.82, 2.24) is 14.8 Å². The molecule has 0 unspecified atom stereocenters. The molecule has 35 heavy (non-hydrogen) atoms. The number of carbonyl (C=O) groups excluding carboxylic acids is 1. The third-order valence-electron chi connectivity index (χ3n) is 5.82. The number of carbonyl (C=O) groups is 1. The van der Waals surface area contributed by atoms with Gasteiger partial charge in [-0.3, -0.25) is 9.36 Å². The summed E-state index contributed by atoms with van der Waals surface area (Å²) in [5.41, 5.74) is 7.18. The van der Waals surface area contributed by atoms with Crippen LogP contribution in [0.2, 0.25) is 0 Å². The molecule has 0 fully saturated rings. The van der Waals surface area contributed by atoms with E-state index in [-0.39, 0.29) is 18.3 Å². The molecular weight excluding hydrogens is 456 g/mol. The molecule has 3 aromatic carbocycles. The number of hydrogen-bond acceptors (Lipinski definition) is 5. The number of para-hydroxylation sites is 2. The highest BCUT2D eigenvalue weighted by Gasteiger charge is 2.18. The number of nitrogens with one attached hydrogen (secondary N) is 1. The first kappa shape index (κ1) is 24.5. The number of hydrogen-bond donors (Lipinski definition) is 1. The van der Waals surface area contributed by atoms with Gasteiger partial charge in [-0.25, -0.2) is 0 Å². The van der Waals surface area contributed by atoms with Crippen LogP contribution in [0.4, 0.5) is 5.69 Å². The third-order valence-corrected chi connectivity index (χ3v) is 6.75. The Kier molecular flexibility index (Phi) is 7.56. The fourth-order valence-electron chi connectivity index (χ4n) is 3.92. The highest BCUT2D eigenvalue weighted by molar-refractivity contribution is 7.99. The van der Waals surface area contributed by atoms with Gasteiger partial charge in [-0.05, 0) is 69.0 Å². The van der Waals surface area contributed by atoms with Crippen LogP contribution in [0.5, 0.6) is 5.75 Å². The summed E-state index contributed by atoms with van der Waals surface area (Å²) in [7, 11) is 0. The second kappa shape index (κ2) is 10.8. The normalized spacial score (nSPS) is 10.9. The van der Waals surface area contributed by atoms with Crippen LogP contribution in [-0.2, 0) is 11.4 Å². The van der Waals surface area contributed by atoms with E-state index in [0.29, 0.717) is 11.0 Å². The quantitative estimate of drug-likeness (QED) is 0.304. The number of anilines is 1. The summed E-state index contributed by atoms with van der Waals surface area (Å²) in [6, 6.07) is 20.2. The van der Waals surface area contributed by atoms with Crippen molar-refractivity contribution in [2.45, 2.75) is 46.4 Å². The van der Waals surface area contributed by atoms with Crippen LogP contribution in [0.1, 0.15) is 33.6 Å².